The maximum atomic E-state index is 12.6. The van der Waals surface area contributed by atoms with Crippen LogP contribution in [0.2, 0.25) is 0 Å². The lowest BCUT2D eigenvalue weighted by Crippen LogP contribution is -2.50. The molecular formula is C19H25NO5. The quantitative estimate of drug-likeness (QED) is 0.390. The highest BCUT2D eigenvalue weighted by molar-refractivity contribution is 6.02. The predicted molar refractivity (Wildman–Crippen MR) is 93.5 cm³/mol. The lowest BCUT2D eigenvalue weighted by atomic mass is 10.1. The van der Waals surface area contributed by atoms with Crippen LogP contribution in [0.5, 0.6) is 0 Å². The van der Waals surface area contributed by atoms with Gasteiger partial charge in [-0.2, -0.15) is 0 Å². The first-order chi connectivity index (χ1) is 12.0. The lowest BCUT2D eigenvalue weighted by molar-refractivity contribution is -0.168. The van der Waals surface area contributed by atoms with Gasteiger partial charge in [-0.25, -0.2) is 9.59 Å². The number of carbonyl (C=O) groups is 3. The van der Waals surface area contributed by atoms with Gasteiger partial charge in [-0.15, -0.1) is 0 Å². The van der Waals surface area contributed by atoms with Crippen molar-refractivity contribution < 1.29 is 23.9 Å². The SMILES string of the molecule is C/C=C/CC(=O)N(Cc1ccccc1)C(C(=O)OCC)C(=O)OCC. The molecule has 0 aliphatic rings. The summed E-state index contributed by atoms with van der Waals surface area (Å²) >= 11 is 0. The summed E-state index contributed by atoms with van der Waals surface area (Å²) in [6, 6.07) is 7.73. The minimum atomic E-state index is -1.42. The van der Waals surface area contributed by atoms with Crippen molar-refractivity contribution in [1.82, 2.24) is 4.90 Å². The van der Waals surface area contributed by atoms with Gasteiger partial charge in [0.1, 0.15) is 0 Å². The Morgan fingerprint density at radius 3 is 2.08 bits per heavy atom. The summed E-state index contributed by atoms with van der Waals surface area (Å²) in [6.45, 7) is 5.41. The van der Waals surface area contributed by atoms with Crippen LogP contribution >= 0.6 is 0 Å². The van der Waals surface area contributed by atoms with Gasteiger partial charge in [0, 0.05) is 13.0 Å². The second kappa shape index (κ2) is 11.0. The number of amides is 1. The summed E-state index contributed by atoms with van der Waals surface area (Å²) in [7, 11) is 0. The zero-order valence-electron chi connectivity index (χ0n) is 14.9. The summed E-state index contributed by atoms with van der Waals surface area (Å²) < 4.78 is 9.99. The van der Waals surface area contributed by atoms with Crippen LogP contribution in [0, 0.1) is 0 Å². The van der Waals surface area contributed by atoms with Crippen molar-refractivity contribution in [3.05, 3.63) is 48.0 Å². The fourth-order valence-corrected chi connectivity index (χ4v) is 2.23. The Kier molecular flexibility index (Phi) is 9.00. The molecule has 1 aromatic carbocycles. The van der Waals surface area contributed by atoms with E-state index < -0.39 is 18.0 Å². The first kappa shape index (κ1) is 20.4. The number of allylic oxidation sites excluding steroid dienone is 1. The van der Waals surface area contributed by atoms with Crippen LogP contribution in [0.3, 0.4) is 0 Å². The number of esters is 2. The maximum Gasteiger partial charge on any atom is 0.340 e. The zero-order valence-corrected chi connectivity index (χ0v) is 14.9. The second-order valence-electron chi connectivity index (χ2n) is 5.19. The summed E-state index contributed by atoms with van der Waals surface area (Å²) in [5.74, 6) is -1.93. The largest absolute Gasteiger partial charge is 0.464 e. The van der Waals surface area contributed by atoms with E-state index in [2.05, 4.69) is 0 Å². The van der Waals surface area contributed by atoms with Crippen molar-refractivity contribution in [1.29, 1.82) is 0 Å². The molecular weight excluding hydrogens is 322 g/mol. The van der Waals surface area contributed by atoms with Gasteiger partial charge in [0.2, 0.25) is 11.9 Å². The minimum Gasteiger partial charge on any atom is -0.464 e. The smallest absolute Gasteiger partial charge is 0.340 e. The van der Waals surface area contributed by atoms with E-state index >= 15 is 0 Å². The molecule has 136 valence electrons. The summed E-state index contributed by atoms with van der Waals surface area (Å²) in [4.78, 5) is 38.5. The van der Waals surface area contributed by atoms with Gasteiger partial charge < -0.3 is 14.4 Å². The van der Waals surface area contributed by atoms with Crippen molar-refractivity contribution in [2.24, 2.45) is 0 Å². The van der Waals surface area contributed by atoms with Gasteiger partial charge >= 0.3 is 11.9 Å². The van der Waals surface area contributed by atoms with Gasteiger partial charge in [0.25, 0.3) is 0 Å². The number of benzene rings is 1. The first-order valence-electron chi connectivity index (χ1n) is 8.32. The standard InChI is InChI=1S/C19H25NO5/c1-4-7-13-16(21)20(14-15-11-9-8-10-12-15)17(18(22)24-5-2)19(23)25-6-3/h4,7-12,17H,5-6,13-14H2,1-3H3/b7-4+. The highest BCUT2D eigenvalue weighted by atomic mass is 16.6. The third-order valence-corrected chi connectivity index (χ3v) is 3.38. The van der Waals surface area contributed by atoms with Gasteiger partial charge in [-0.05, 0) is 26.3 Å². The van der Waals surface area contributed by atoms with E-state index in [1.165, 1.54) is 4.90 Å². The first-order valence-corrected chi connectivity index (χ1v) is 8.32. The van der Waals surface area contributed by atoms with E-state index in [1.54, 1.807) is 32.9 Å². The van der Waals surface area contributed by atoms with E-state index in [-0.39, 0.29) is 32.1 Å². The van der Waals surface area contributed by atoms with Crippen LogP contribution in [0.1, 0.15) is 32.8 Å². The number of carbonyl (C=O) groups excluding carboxylic acids is 3. The summed E-state index contributed by atoms with van der Waals surface area (Å²) in [5.41, 5.74) is 0.801. The average molecular weight is 347 g/mol. The molecule has 1 rings (SSSR count). The Hall–Kier alpha value is -2.63. The number of rotatable bonds is 9. The fraction of sp³-hybridized carbons (Fsp3) is 0.421. The number of ether oxygens (including phenoxy) is 2. The molecule has 0 fully saturated rings. The minimum absolute atomic E-state index is 0.0820. The molecule has 6 nitrogen and oxygen atoms in total. The van der Waals surface area contributed by atoms with Crippen LogP contribution in [0.4, 0.5) is 0 Å². The molecule has 0 N–H and O–H groups in total. The van der Waals surface area contributed by atoms with E-state index in [4.69, 9.17) is 9.47 Å². The topological polar surface area (TPSA) is 72.9 Å². The van der Waals surface area contributed by atoms with Crippen LogP contribution in [0.15, 0.2) is 42.5 Å². The van der Waals surface area contributed by atoms with Crippen molar-refractivity contribution in [2.45, 2.75) is 39.8 Å². The van der Waals surface area contributed by atoms with Crippen LogP contribution < -0.4 is 0 Å². The monoisotopic (exact) mass is 347 g/mol. The van der Waals surface area contributed by atoms with Crippen LogP contribution in [-0.4, -0.2) is 42.0 Å². The number of hydrogen-bond acceptors (Lipinski definition) is 5. The Morgan fingerprint density at radius 1 is 1.04 bits per heavy atom. The molecule has 25 heavy (non-hydrogen) atoms. The second-order valence-corrected chi connectivity index (χ2v) is 5.19. The molecule has 0 spiro atoms. The molecule has 0 atom stereocenters. The molecule has 1 amide bonds. The molecule has 0 aliphatic carbocycles. The summed E-state index contributed by atoms with van der Waals surface area (Å²) in [5, 5.41) is 0. The van der Waals surface area contributed by atoms with E-state index in [1.807, 2.05) is 30.3 Å². The molecule has 0 radical (unpaired) electrons. The van der Waals surface area contributed by atoms with Crippen molar-refractivity contribution in [3.8, 4) is 0 Å². The van der Waals surface area contributed by atoms with Gasteiger partial charge in [0.05, 0.1) is 13.2 Å². The number of hydrogen-bond donors (Lipinski definition) is 0. The third kappa shape index (κ3) is 6.41. The lowest BCUT2D eigenvalue weighted by Gasteiger charge is -2.28. The third-order valence-electron chi connectivity index (χ3n) is 3.38. The number of nitrogens with zero attached hydrogens (tertiary/aromatic N) is 1. The summed E-state index contributed by atoms with van der Waals surface area (Å²) in [6.07, 6.45) is 3.49. The van der Waals surface area contributed by atoms with Crippen molar-refractivity contribution >= 4 is 17.8 Å². The zero-order chi connectivity index (χ0) is 18.7. The fourth-order valence-electron chi connectivity index (χ4n) is 2.23. The Balaban J connectivity index is 3.18. The molecule has 0 unspecified atom stereocenters. The Morgan fingerprint density at radius 2 is 1.60 bits per heavy atom. The van der Waals surface area contributed by atoms with E-state index in [9.17, 15) is 14.4 Å². The molecule has 1 aromatic rings. The average Bonchev–Trinajstić information content (AvgIpc) is 2.60. The van der Waals surface area contributed by atoms with Gasteiger partial charge in [0.15, 0.2) is 0 Å². The molecule has 6 heteroatoms. The predicted octanol–water partition coefficient (Wildman–Crippen LogP) is 2.48. The highest BCUT2D eigenvalue weighted by Gasteiger charge is 2.38. The van der Waals surface area contributed by atoms with Crippen LogP contribution in [0.25, 0.3) is 0 Å². The maximum absolute atomic E-state index is 12.6. The molecule has 0 heterocycles. The molecule has 0 aromatic heterocycles. The molecule has 0 aliphatic heterocycles. The van der Waals surface area contributed by atoms with Crippen molar-refractivity contribution in [2.75, 3.05) is 13.2 Å². The molecule has 0 saturated carbocycles. The van der Waals surface area contributed by atoms with Crippen molar-refractivity contribution in [3.63, 3.8) is 0 Å². The van der Waals surface area contributed by atoms with Gasteiger partial charge in [-0.3, -0.25) is 4.79 Å². The molecule has 0 bridgehead atoms. The normalized spacial score (nSPS) is 10.7. The molecule has 0 saturated heterocycles. The van der Waals surface area contributed by atoms with Gasteiger partial charge in [-0.1, -0.05) is 42.5 Å². The Bertz CT molecular complexity index is 579. The highest BCUT2D eigenvalue weighted by Crippen LogP contribution is 2.14. The van der Waals surface area contributed by atoms with Crippen LogP contribution in [-0.2, 0) is 30.4 Å². The Labute approximate surface area is 148 Å². The van der Waals surface area contributed by atoms with E-state index in [0.29, 0.717) is 0 Å². The van der Waals surface area contributed by atoms with E-state index in [0.717, 1.165) is 5.56 Å².